The molecule has 0 radical (unpaired) electrons. The van der Waals surface area contributed by atoms with Crippen molar-refractivity contribution in [1.29, 1.82) is 5.26 Å². The molecule has 4 rings (SSSR count). The summed E-state index contributed by atoms with van der Waals surface area (Å²) in [6, 6.07) is 18.8. The van der Waals surface area contributed by atoms with Gasteiger partial charge in [0, 0.05) is 35.2 Å². The molecule has 0 atom stereocenters. The Morgan fingerprint density at radius 1 is 1.22 bits per heavy atom. The zero-order chi connectivity index (χ0) is 18.8. The van der Waals surface area contributed by atoms with Crippen LogP contribution < -0.4 is 5.32 Å². The summed E-state index contributed by atoms with van der Waals surface area (Å²) in [5.74, 6) is -0.282. The van der Waals surface area contributed by atoms with E-state index in [4.69, 9.17) is 0 Å². The Kier molecular flexibility index (Phi) is 4.52. The second-order valence-corrected chi connectivity index (χ2v) is 7.13. The van der Waals surface area contributed by atoms with E-state index in [0.717, 1.165) is 35.9 Å². The Morgan fingerprint density at radius 3 is 2.67 bits per heavy atom. The van der Waals surface area contributed by atoms with Crippen LogP contribution in [0.3, 0.4) is 0 Å². The molecule has 0 spiro atoms. The molecule has 1 amide bonds. The van der Waals surface area contributed by atoms with Crippen molar-refractivity contribution in [3.8, 4) is 6.07 Å². The molecule has 0 aliphatic heterocycles. The fourth-order valence-corrected chi connectivity index (χ4v) is 3.21. The van der Waals surface area contributed by atoms with E-state index in [1.807, 2.05) is 24.4 Å². The second-order valence-electron chi connectivity index (χ2n) is 7.13. The number of nitrogens with one attached hydrogen (secondary N) is 1. The van der Waals surface area contributed by atoms with Gasteiger partial charge in [0.15, 0.2) is 0 Å². The third-order valence-electron chi connectivity index (χ3n) is 4.87. The van der Waals surface area contributed by atoms with Crippen molar-refractivity contribution in [1.82, 2.24) is 9.88 Å². The molecule has 134 valence electrons. The van der Waals surface area contributed by atoms with E-state index in [1.165, 1.54) is 11.1 Å². The largest absolute Gasteiger partial charge is 0.349 e. The number of amides is 1. The third-order valence-corrected chi connectivity index (χ3v) is 4.87. The molecule has 27 heavy (non-hydrogen) atoms. The summed E-state index contributed by atoms with van der Waals surface area (Å²) >= 11 is 0. The van der Waals surface area contributed by atoms with Crippen LogP contribution in [-0.2, 0) is 11.3 Å². The standard InChI is InChI=1S/C23H21N3O/c1-16-6-8-17(9-7-16)14-26-15-19(21-4-2-3-5-22(21)26)12-18(13-24)23(27)25-20-10-11-20/h2-9,12,15,20H,10-11,14H2,1H3,(H,25,27). The van der Waals surface area contributed by atoms with Crippen molar-refractivity contribution >= 4 is 22.9 Å². The van der Waals surface area contributed by atoms with Crippen LogP contribution in [0.4, 0.5) is 0 Å². The number of carbonyl (C=O) groups excluding carboxylic acids is 1. The molecule has 0 saturated heterocycles. The number of rotatable bonds is 5. The molecule has 1 heterocycles. The van der Waals surface area contributed by atoms with Crippen LogP contribution in [0.5, 0.6) is 0 Å². The Bertz CT molecular complexity index is 1060. The number of aromatic nitrogens is 1. The number of carbonyl (C=O) groups is 1. The lowest BCUT2D eigenvalue weighted by molar-refractivity contribution is -0.117. The number of para-hydroxylation sites is 1. The first-order valence-corrected chi connectivity index (χ1v) is 9.20. The highest BCUT2D eigenvalue weighted by atomic mass is 16.1. The zero-order valence-corrected chi connectivity index (χ0v) is 15.3. The molecule has 1 aliphatic rings. The highest BCUT2D eigenvalue weighted by molar-refractivity contribution is 6.04. The van der Waals surface area contributed by atoms with Gasteiger partial charge in [0.25, 0.3) is 5.91 Å². The van der Waals surface area contributed by atoms with E-state index < -0.39 is 0 Å². The van der Waals surface area contributed by atoms with Gasteiger partial charge in [0.1, 0.15) is 11.6 Å². The lowest BCUT2D eigenvalue weighted by Gasteiger charge is -2.06. The van der Waals surface area contributed by atoms with Gasteiger partial charge >= 0.3 is 0 Å². The number of hydrogen-bond acceptors (Lipinski definition) is 2. The van der Waals surface area contributed by atoms with Crippen molar-refractivity contribution in [3.63, 3.8) is 0 Å². The van der Waals surface area contributed by atoms with Gasteiger partial charge in [-0.1, -0.05) is 48.0 Å². The van der Waals surface area contributed by atoms with Crippen LogP contribution in [-0.4, -0.2) is 16.5 Å². The van der Waals surface area contributed by atoms with Gasteiger partial charge in [-0.25, -0.2) is 0 Å². The minimum absolute atomic E-state index is 0.153. The highest BCUT2D eigenvalue weighted by Crippen LogP contribution is 2.25. The third kappa shape index (κ3) is 3.78. The SMILES string of the molecule is Cc1ccc(Cn2cc(C=C(C#N)C(=O)NC3CC3)c3ccccc32)cc1. The average Bonchev–Trinajstić information content (AvgIpc) is 3.43. The maximum absolute atomic E-state index is 12.3. The fraction of sp³-hybridized carbons (Fsp3) is 0.217. The average molecular weight is 355 g/mol. The number of aryl methyl sites for hydroxylation is 1. The zero-order valence-electron chi connectivity index (χ0n) is 15.3. The Balaban J connectivity index is 1.70. The van der Waals surface area contributed by atoms with Crippen molar-refractivity contribution in [3.05, 3.63) is 77.0 Å². The van der Waals surface area contributed by atoms with E-state index in [2.05, 4.69) is 53.2 Å². The summed E-state index contributed by atoms with van der Waals surface area (Å²) in [6.07, 6.45) is 5.72. The molecule has 4 nitrogen and oxygen atoms in total. The van der Waals surface area contributed by atoms with Crippen LogP contribution in [0.25, 0.3) is 17.0 Å². The van der Waals surface area contributed by atoms with Crippen LogP contribution in [0.2, 0.25) is 0 Å². The molecule has 4 heteroatoms. The lowest BCUT2D eigenvalue weighted by atomic mass is 10.1. The molecule has 1 aliphatic carbocycles. The second kappa shape index (κ2) is 7.13. The van der Waals surface area contributed by atoms with Crippen LogP contribution in [0, 0.1) is 18.3 Å². The quantitative estimate of drug-likeness (QED) is 0.551. The number of fused-ring (bicyclic) bond motifs is 1. The minimum Gasteiger partial charge on any atom is -0.349 e. The predicted molar refractivity (Wildman–Crippen MR) is 107 cm³/mol. The Morgan fingerprint density at radius 2 is 1.96 bits per heavy atom. The topological polar surface area (TPSA) is 57.8 Å². The van der Waals surface area contributed by atoms with Crippen molar-refractivity contribution < 1.29 is 4.79 Å². The van der Waals surface area contributed by atoms with E-state index >= 15 is 0 Å². The van der Waals surface area contributed by atoms with Gasteiger partial charge in [-0.15, -0.1) is 0 Å². The molecule has 1 N–H and O–H groups in total. The van der Waals surface area contributed by atoms with Crippen LogP contribution >= 0.6 is 0 Å². The van der Waals surface area contributed by atoms with Gasteiger partial charge in [0.2, 0.25) is 0 Å². The van der Waals surface area contributed by atoms with Gasteiger partial charge in [0.05, 0.1) is 0 Å². The van der Waals surface area contributed by atoms with E-state index in [-0.39, 0.29) is 17.5 Å². The number of hydrogen-bond donors (Lipinski definition) is 1. The fourth-order valence-electron chi connectivity index (χ4n) is 3.21. The Labute approximate surface area is 158 Å². The molecule has 3 aromatic rings. The molecule has 0 bridgehead atoms. The summed E-state index contributed by atoms with van der Waals surface area (Å²) in [6.45, 7) is 2.82. The number of nitriles is 1. The smallest absolute Gasteiger partial charge is 0.262 e. The molecule has 1 saturated carbocycles. The number of benzene rings is 2. The first-order valence-electron chi connectivity index (χ1n) is 9.20. The Hall–Kier alpha value is -3.32. The molecular weight excluding hydrogens is 334 g/mol. The van der Waals surface area contributed by atoms with Gasteiger partial charge in [-0.05, 0) is 37.5 Å². The van der Waals surface area contributed by atoms with Crippen molar-refractivity contribution in [2.45, 2.75) is 32.4 Å². The van der Waals surface area contributed by atoms with Crippen molar-refractivity contribution in [2.75, 3.05) is 0 Å². The maximum atomic E-state index is 12.3. The molecule has 1 fully saturated rings. The molecule has 1 aromatic heterocycles. The molecule has 2 aromatic carbocycles. The first kappa shape index (κ1) is 17.1. The monoisotopic (exact) mass is 355 g/mol. The van der Waals surface area contributed by atoms with Gasteiger partial charge in [-0.3, -0.25) is 4.79 Å². The van der Waals surface area contributed by atoms with Crippen molar-refractivity contribution in [2.24, 2.45) is 0 Å². The van der Waals surface area contributed by atoms with Gasteiger partial charge < -0.3 is 9.88 Å². The number of nitrogens with zero attached hydrogens (tertiary/aromatic N) is 2. The normalized spacial score (nSPS) is 14.1. The van der Waals surface area contributed by atoms with Gasteiger partial charge in [-0.2, -0.15) is 5.26 Å². The van der Waals surface area contributed by atoms with Crippen LogP contribution in [0.15, 0.2) is 60.3 Å². The summed E-state index contributed by atoms with van der Waals surface area (Å²) in [5, 5.41) is 13.4. The van der Waals surface area contributed by atoms with E-state index in [0.29, 0.717) is 0 Å². The van der Waals surface area contributed by atoms with Crippen LogP contribution in [0.1, 0.15) is 29.5 Å². The first-order chi connectivity index (χ1) is 13.1. The summed E-state index contributed by atoms with van der Waals surface area (Å²) in [7, 11) is 0. The summed E-state index contributed by atoms with van der Waals surface area (Å²) < 4.78 is 2.17. The minimum atomic E-state index is -0.282. The summed E-state index contributed by atoms with van der Waals surface area (Å²) in [4.78, 5) is 12.3. The molecule has 0 unspecified atom stereocenters. The van der Waals surface area contributed by atoms with E-state index in [9.17, 15) is 10.1 Å². The maximum Gasteiger partial charge on any atom is 0.262 e. The molecular formula is C23H21N3O. The lowest BCUT2D eigenvalue weighted by Crippen LogP contribution is -2.26. The highest BCUT2D eigenvalue weighted by Gasteiger charge is 2.24. The summed E-state index contributed by atoms with van der Waals surface area (Å²) in [5.41, 5.74) is 4.58. The van der Waals surface area contributed by atoms with E-state index in [1.54, 1.807) is 6.08 Å². The predicted octanol–water partition coefficient (Wildman–Crippen LogP) is 4.18.